The zero-order valence-corrected chi connectivity index (χ0v) is 16.6. The number of hydrogen-bond acceptors (Lipinski definition) is 2. The lowest BCUT2D eigenvalue weighted by atomic mass is 9.86. The van der Waals surface area contributed by atoms with Crippen molar-refractivity contribution in [2.24, 2.45) is 0 Å². The van der Waals surface area contributed by atoms with Crippen LogP contribution in [0.2, 0.25) is 0 Å². The lowest BCUT2D eigenvalue weighted by molar-refractivity contribution is 0.870. The summed E-state index contributed by atoms with van der Waals surface area (Å²) in [5, 5.41) is 8.58. The summed E-state index contributed by atoms with van der Waals surface area (Å²) in [6.45, 7) is 4.23. The van der Waals surface area contributed by atoms with Gasteiger partial charge in [0.15, 0.2) is 0 Å². The van der Waals surface area contributed by atoms with E-state index in [1.807, 2.05) is 28.9 Å². The van der Waals surface area contributed by atoms with E-state index < -0.39 is 0 Å². The van der Waals surface area contributed by atoms with Gasteiger partial charge in [-0.3, -0.25) is 0 Å². The van der Waals surface area contributed by atoms with E-state index in [0.29, 0.717) is 0 Å². The van der Waals surface area contributed by atoms with Gasteiger partial charge in [0.2, 0.25) is 0 Å². The Morgan fingerprint density at radius 2 is 1.45 bits per heavy atom. The highest BCUT2D eigenvalue weighted by molar-refractivity contribution is 5.83. The molecule has 0 spiro atoms. The molecule has 1 N–H and O–H groups in total. The van der Waals surface area contributed by atoms with E-state index in [0.717, 1.165) is 22.9 Å². The molecule has 142 valence electrons. The number of anilines is 1. The fourth-order valence-electron chi connectivity index (χ4n) is 4.03. The first-order valence-electron chi connectivity index (χ1n) is 9.96. The molecule has 3 heteroatoms. The number of aromatic nitrogens is 2. The van der Waals surface area contributed by atoms with Crippen LogP contribution in [0.1, 0.15) is 33.9 Å². The number of aryl methyl sites for hydroxylation is 2. The van der Waals surface area contributed by atoms with Crippen molar-refractivity contribution in [3.63, 3.8) is 0 Å². The van der Waals surface area contributed by atoms with Gasteiger partial charge in [0.05, 0.1) is 11.4 Å². The number of nitrogens with one attached hydrogen (secondary N) is 1. The minimum Gasteiger partial charge on any atom is -0.340 e. The third-order valence-electron chi connectivity index (χ3n) is 5.53. The van der Waals surface area contributed by atoms with E-state index in [1.54, 1.807) is 0 Å². The van der Waals surface area contributed by atoms with Gasteiger partial charge in [-0.05, 0) is 43.2 Å². The largest absolute Gasteiger partial charge is 0.340 e. The fourth-order valence-corrected chi connectivity index (χ4v) is 4.03. The highest BCUT2D eigenvalue weighted by Gasteiger charge is 2.29. The third-order valence-corrected chi connectivity index (χ3v) is 5.53. The Bertz CT molecular complexity index is 1170. The lowest BCUT2D eigenvalue weighted by Crippen LogP contribution is -2.15. The van der Waals surface area contributed by atoms with Gasteiger partial charge < -0.3 is 5.32 Å². The Morgan fingerprint density at radius 1 is 0.793 bits per heavy atom. The van der Waals surface area contributed by atoms with E-state index >= 15 is 0 Å². The number of rotatable bonds is 3. The summed E-state index contributed by atoms with van der Waals surface area (Å²) < 4.78 is 2.03. The van der Waals surface area contributed by atoms with Crippen LogP contribution in [0.5, 0.6) is 0 Å². The molecular formula is C26H23N3. The molecule has 0 fully saturated rings. The van der Waals surface area contributed by atoms with Crippen LogP contribution in [-0.4, -0.2) is 9.78 Å². The van der Waals surface area contributed by atoms with Crippen molar-refractivity contribution in [3.05, 3.63) is 119 Å². The van der Waals surface area contributed by atoms with Gasteiger partial charge in [0.1, 0.15) is 5.82 Å². The van der Waals surface area contributed by atoms with E-state index in [-0.39, 0.29) is 5.92 Å². The Morgan fingerprint density at radius 3 is 2.14 bits per heavy atom. The van der Waals surface area contributed by atoms with E-state index in [1.165, 1.54) is 22.3 Å². The summed E-state index contributed by atoms with van der Waals surface area (Å²) in [6, 6.07) is 29.6. The van der Waals surface area contributed by atoms with Crippen molar-refractivity contribution >= 4 is 11.5 Å². The minimum absolute atomic E-state index is 0.152. The van der Waals surface area contributed by atoms with Crippen LogP contribution in [0.25, 0.3) is 11.4 Å². The van der Waals surface area contributed by atoms with Crippen molar-refractivity contribution in [2.75, 3.05) is 5.32 Å². The van der Waals surface area contributed by atoms with Crippen LogP contribution >= 0.6 is 0 Å². The summed E-state index contributed by atoms with van der Waals surface area (Å²) >= 11 is 0. The average molecular weight is 377 g/mol. The van der Waals surface area contributed by atoms with Crippen molar-refractivity contribution in [1.82, 2.24) is 9.78 Å². The topological polar surface area (TPSA) is 29.9 Å². The number of hydrogen-bond donors (Lipinski definition) is 1. The summed E-state index contributed by atoms with van der Waals surface area (Å²) in [7, 11) is 0. The van der Waals surface area contributed by atoms with Gasteiger partial charge in [0.25, 0.3) is 0 Å². The number of allylic oxidation sites excluding steroid dienone is 1. The molecule has 0 radical (unpaired) electrons. The van der Waals surface area contributed by atoms with Crippen LogP contribution in [0, 0.1) is 13.8 Å². The first-order valence-corrected chi connectivity index (χ1v) is 9.96. The van der Waals surface area contributed by atoms with Crippen LogP contribution in [0.15, 0.2) is 91.0 Å². The normalized spacial score (nSPS) is 15.4. The van der Waals surface area contributed by atoms with Gasteiger partial charge >= 0.3 is 0 Å². The lowest BCUT2D eigenvalue weighted by Gasteiger charge is -2.25. The summed E-state index contributed by atoms with van der Waals surface area (Å²) in [4.78, 5) is 0. The monoisotopic (exact) mass is 377 g/mol. The van der Waals surface area contributed by atoms with Gasteiger partial charge in [-0.15, -0.1) is 0 Å². The summed E-state index contributed by atoms with van der Waals surface area (Å²) in [6.07, 6.45) is 2.33. The van der Waals surface area contributed by atoms with Gasteiger partial charge in [-0.2, -0.15) is 5.10 Å². The molecule has 29 heavy (non-hydrogen) atoms. The first-order chi connectivity index (χ1) is 14.2. The molecule has 0 saturated carbocycles. The molecule has 0 bridgehead atoms. The highest BCUT2D eigenvalue weighted by atomic mass is 15.3. The highest BCUT2D eigenvalue weighted by Crippen LogP contribution is 2.42. The minimum atomic E-state index is 0.152. The van der Waals surface area contributed by atoms with E-state index in [9.17, 15) is 0 Å². The van der Waals surface area contributed by atoms with Crippen LogP contribution in [0.4, 0.5) is 5.82 Å². The molecule has 1 aliphatic heterocycles. The predicted octanol–water partition coefficient (Wildman–Crippen LogP) is 6.09. The second-order valence-electron chi connectivity index (χ2n) is 7.55. The van der Waals surface area contributed by atoms with E-state index in [4.69, 9.17) is 5.10 Å². The average Bonchev–Trinajstić information content (AvgIpc) is 3.11. The maximum atomic E-state index is 4.90. The molecule has 3 nitrogen and oxygen atoms in total. The number of benzene rings is 3. The summed E-state index contributed by atoms with van der Waals surface area (Å²) in [5.41, 5.74) is 8.17. The quantitative estimate of drug-likeness (QED) is 0.468. The molecule has 0 unspecified atom stereocenters. The maximum Gasteiger partial charge on any atom is 0.138 e. The van der Waals surface area contributed by atoms with Crippen molar-refractivity contribution in [1.29, 1.82) is 0 Å². The second-order valence-corrected chi connectivity index (χ2v) is 7.55. The number of fused-ring (bicyclic) bond motifs is 1. The second kappa shape index (κ2) is 7.10. The molecular weight excluding hydrogens is 354 g/mol. The zero-order chi connectivity index (χ0) is 19.8. The Kier molecular flexibility index (Phi) is 4.28. The third kappa shape index (κ3) is 3.15. The molecule has 0 amide bonds. The van der Waals surface area contributed by atoms with Crippen molar-refractivity contribution in [3.8, 4) is 5.69 Å². The maximum absolute atomic E-state index is 4.90. The first kappa shape index (κ1) is 17.5. The zero-order valence-electron chi connectivity index (χ0n) is 16.6. The molecule has 1 atom stereocenters. The number of para-hydroxylation sites is 1. The molecule has 4 aromatic rings. The Labute approximate surface area is 171 Å². The predicted molar refractivity (Wildman–Crippen MR) is 119 cm³/mol. The SMILES string of the molecule is Cc1ccc([C@@H]2C=C(c3ccccc3)Nc3c2c(C)nn3-c2ccccc2)cc1. The standard InChI is InChI=1S/C26H23N3/c1-18-13-15-20(16-14-18)23-17-24(21-9-5-3-6-10-21)27-26-25(23)19(2)28-29(26)22-11-7-4-8-12-22/h3-17,23,27H,1-2H3/t23-/m0/s1. The molecule has 1 aromatic heterocycles. The molecule has 2 heterocycles. The van der Waals surface area contributed by atoms with Crippen LogP contribution in [0.3, 0.4) is 0 Å². The molecule has 0 aliphatic carbocycles. The Hall–Kier alpha value is -3.59. The van der Waals surface area contributed by atoms with Crippen molar-refractivity contribution < 1.29 is 0 Å². The molecule has 3 aromatic carbocycles. The van der Waals surface area contributed by atoms with Crippen LogP contribution in [-0.2, 0) is 0 Å². The van der Waals surface area contributed by atoms with E-state index in [2.05, 4.69) is 85.9 Å². The number of nitrogens with zero attached hydrogens (tertiary/aromatic N) is 2. The van der Waals surface area contributed by atoms with Crippen LogP contribution < -0.4 is 5.32 Å². The van der Waals surface area contributed by atoms with Gasteiger partial charge in [0, 0.05) is 17.2 Å². The molecule has 5 rings (SSSR count). The smallest absolute Gasteiger partial charge is 0.138 e. The van der Waals surface area contributed by atoms with Gasteiger partial charge in [-0.1, -0.05) is 78.4 Å². The Balaban J connectivity index is 1.71. The summed E-state index contributed by atoms with van der Waals surface area (Å²) in [5.74, 6) is 1.19. The molecule has 1 aliphatic rings. The van der Waals surface area contributed by atoms with Gasteiger partial charge in [-0.25, -0.2) is 4.68 Å². The molecule has 0 saturated heterocycles. The van der Waals surface area contributed by atoms with Crippen molar-refractivity contribution in [2.45, 2.75) is 19.8 Å². The fraction of sp³-hybridized carbons (Fsp3) is 0.115.